The minimum Gasteiger partial charge on any atom is -0.480 e. The van der Waals surface area contributed by atoms with E-state index >= 15 is 0 Å². The van der Waals surface area contributed by atoms with Crippen LogP contribution in [0.25, 0.3) is 0 Å². The zero-order valence-corrected chi connectivity index (χ0v) is 10.6. The van der Waals surface area contributed by atoms with Gasteiger partial charge >= 0.3 is 5.97 Å². The number of amides is 1. The number of aromatic nitrogens is 1. The summed E-state index contributed by atoms with van der Waals surface area (Å²) in [4.78, 5) is 26.7. The molecule has 2 N–H and O–H groups in total. The van der Waals surface area contributed by atoms with Crippen LogP contribution < -0.4 is 5.32 Å². The molecular formula is C12H13ClN2O3. The summed E-state index contributed by atoms with van der Waals surface area (Å²) in [6, 6.07) is 1.92. The number of hydrogen-bond donors (Lipinski definition) is 2. The highest BCUT2D eigenvalue weighted by Crippen LogP contribution is 2.10. The molecule has 0 radical (unpaired) electrons. The van der Waals surface area contributed by atoms with Crippen molar-refractivity contribution < 1.29 is 14.7 Å². The number of carboxylic acid groups (broad SMARTS) is 1. The molecule has 1 amide bonds. The van der Waals surface area contributed by atoms with Gasteiger partial charge in [-0.1, -0.05) is 17.7 Å². The third kappa shape index (κ3) is 3.85. The summed E-state index contributed by atoms with van der Waals surface area (Å²) in [5, 5.41) is 11.5. The Labute approximate surface area is 109 Å². The Bertz CT molecular complexity index is 468. The maximum Gasteiger partial charge on any atom is 0.326 e. The molecule has 0 spiro atoms. The van der Waals surface area contributed by atoms with E-state index in [-0.39, 0.29) is 17.1 Å². The van der Waals surface area contributed by atoms with E-state index in [2.05, 4.69) is 16.9 Å². The molecule has 0 bridgehead atoms. The van der Waals surface area contributed by atoms with Gasteiger partial charge in [-0.15, -0.1) is 6.58 Å². The van der Waals surface area contributed by atoms with Crippen LogP contribution in [0.4, 0.5) is 0 Å². The molecule has 0 aliphatic rings. The van der Waals surface area contributed by atoms with Crippen LogP contribution in [0.1, 0.15) is 22.5 Å². The first kappa shape index (κ1) is 14.2. The van der Waals surface area contributed by atoms with E-state index in [0.29, 0.717) is 5.69 Å². The Morgan fingerprint density at radius 3 is 2.78 bits per heavy atom. The number of aliphatic carboxylic acids is 1. The summed E-state index contributed by atoms with van der Waals surface area (Å²) in [5.41, 5.74) is 0.867. The lowest BCUT2D eigenvalue weighted by Crippen LogP contribution is -2.40. The van der Waals surface area contributed by atoms with Crippen molar-refractivity contribution in [3.63, 3.8) is 0 Å². The first-order chi connectivity index (χ1) is 8.43. The van der Waals surface area contributed by atoms with E-state index in [9.17, 15) is 9.59 Å². The highest BCUT2D eigenvalue weighted by Gasteiger charge is 2.19. The van der Waals surface area contributed by atoms with Gasteiger partial charge in [0.25, 0.3) is 5.91 Å². The van der Waals surface area contributed by atoms with Gasteiger partial charge in [-0.05, 0) is 25.5 Å². The fourth-order valence-electron chi connectivity index (χ4n) is 1.39. The molecule has 1 aromatic heterocycles. The van der Waals surface area contributed by atoms with Crippen LogP contribution in [0.5, 0.6) is 0 Å². The number of halogens is 1. The van der Waals surface area contributed by atoms with E-state index in [1.807, 2.05) is 0 Å². The molecule has 96 valence electrons. The Kier molecular flexibility index (Phi) is 4.85. The van der Waals surface area contributed by atoms with E-state index in [0.717, 1.165) is 0 Å². The van der Waals surface area contributed by atoms with Crippen LogP contribution in [0.15, 0.2) is 24.8 Å². The van der Waals surface area contributed by atoms with E-state index in [1.165, 1.54) is 18.2 Å². The fraction of sp³-hybridized carbons (Fsp3) is 0.250. The van der Waals surface area contributed by atoms with Gasteiger partial charge in [0.1, 0.15) is 11.2 Å². The van der Waals surface area contributed by atoms with Gasteiger partial charge in [0.15, 0.2) is 0 Å². The quantitative estimate of drug-likeness (QED) is 0.630. The van der Waals surface area contributed by atoms with Gasteiger partial charge in [-0.3, -0.25) is 4.79 Å². The molecule has 0 aliphatic heterocycles. The average Bonchev–Trinajstić information content (AvgIpc) is 2.26. The number of rotatable bonds is 5. The van der Waals surface area contributed by atoms with E-state index in [4.69, 9.17) is 16.7 Å². The second-order valence-electron chi connectivity index (χ2n) is 3.71. The third-order valence-electron chi connectivity index (χ3n) is 2.19. The van der Waals surface area contributed by atoms with Gasteiger partial charge in [-0.25, -0.2) is 9.78 Å². The van der Waals surface area contributed by atoms with Crippen LogP contribution in [-0.4, -0.2) is 28.0 Å². The Hall–Kier alpha value is -1.88. The number of nitrogens with zero attached hydrogens (tertiary/aromatic N) is 1. The monoisotopic (exact) mass is 268 g/mol. The molecule has 6 heteroatoms. The lowest BCUT2D eigenvalue weighted by atomic mass is 10.1. The SMILES string of the molecule is C=CCC(NC(=O)c1cc(C)nc(Cl)c1)C(=O)O. The molecule has 18 heavy (non-hydrogen) atoms. The lowest BCUT2D eigenvalue weighted by Gasteiger charge is -2.12. The van der Waals surface area contributed by atoms with E-state index < -0.39 is 17.9 Å². The van der Waals surface area contributed by atoms with Crippen molar-refractivity contribution in [2.75, 3.05) is 0 Å². The van der Waals surface area contributed by atoms with Crippen LogP contribution in [0.2, 0.25) is 5.15 Å². The van der Waals surface area contributed by atoms with Crippen molar-refractivity contribution in [3.8, 4) is 0 Å². The van der Waals surface area contributed by atoms with Crippen LogP contribution in [0.3, 0.4) is 0 Å². The molecule has 1 atom stereocenters. The number of aryl methyl sites for hydroxylation is 1. The van der Waals surface area contributed by atoms with Gasteiger partial charge in [-0.2, -0.15) is 0 Å². The van der Waals surface area contributed by atoms with Crippen molar-refractivity contribution >= 4 is 23.5 Å². The lowest BCUT2D eigenvalue weighted by molar-refractivity contribution is -0.139. The molecule has 0 saturated carbocycles. The highest BCUT2D eigenvalue weighted by atomic mass is 35.5. The van der Waals surface area contributed by atoms with Crippen LogP contribution >= 0.6 is 11.6 Å². The van der Waals surface area contributed by atoms with Crippen LogP contribution in [0, 0.1) is 6.92 Å². The zero-order valence-electron chi connectivity index (χ0n) is 9.81. The number of nitrogens with one attached hydrogen (secondary N) is 1. The molecule has 1 aromatic rings. The molecule has 1 heterocycles. The Morgan fingerprint density at radius 1 is 1.61 bits per heavy atom. The molecule has 1 unspecified atom stereocenters. The predicted octanol–water partition coefficient (Wildman–Crippen LogP) is 1.80. The van der Waals surface area contributed by atoms with Gasteiger partial charge < -0.3 is 10.4 Å². The Morgan fingerprint density at radius 2 is 2.28 bits per heavy atom. The second-order valence-corrected chi connectivity index (χ2v) is 4.10. The normalized spacial score (nSPS) is 11.7. The number of pyridine rings is 1. The molecule has 1 rings (SSSR count). The third-order valence-corrected chi connectivity index (χ3v) is 2.38. The van der Waals surface area contributed by atoms with Crippen molar-refractivity contribution in [2.24, 2.45) is 0 Å². The number of hydrogen-bond acceptors (Lipinski definition) is 3. The summed E-state index contributed by atoms with van der Waals surface area (Å²) in [5.74, 6) is -1.61. The van der Waals surface area contributed by atoms with Gasteiger partial charge in [0.05, 0.1) is 0 Å². The summed E-state index contributed by atoms with van der Waals surface area (Å²) >= 11 is 5.73. The largest absolute Gasteiger partial charge is 0.480 e. The van der Waals surface area contributed by atoms with Crippen LogP contribution in [-0.2, 0) is 4.79 Å². The molecular weight excluding hydrogens is 256 g/mol. The number of carboxylic acids is 1. The maximum atomic E-state index is 11.8. The van der Waals surface area contributed by atoms with E-state index in [1.54, 1.807) is 6.92 Å². The van der Waals surface area contributed by atoms with Crippen molar-refractivity contribution in [3.05, 3.63) is 41.2 Å². The Balaban J connectivity index is 2.86. The minimum absolute atomic E-state index is 0.152. The fourth-order valence-corrected chi connectivity index (χ4v) is 1.64. The average molecular weight is 269 g/mol. The predicted molar refractivity (Wildman–Crippen MR) is 67.7 cm³/mol. The molecule has 5 nitrogen and oxygen atoms in total. The topological polar surface area (TPSA) is 79.3 Å². The minimum atomic E-state index is -1.11. The summed E-state index contributed by atoms with van der Waals surface area (Å²) in [7, 11) is 0. The standard InChI is InChI=1S/C12H13ClN2O3/c1-3-4-9(12(17)18)15-11(16)8-5-7(2)14-10(13)6-8/h3,5-6,9H,1,4H2,2H3,(H,15,16)(H,17,18). The smallest absolute Gasteiger partial charge is 0.326 e. The summed E-state index contributed by atoms with van der Waals surface area (Å²) in [6.45, 7) is 5.14. The van der Waals surface area contributed by atoms with Gasteiger partial charge in [0.2, 0.25) is 0 Å². The molecule has 0 aliphatic carbocycles. The first-order valence-electron chi connectivity index (χ1n) is 5.22. The molecule has 0 aromatic carbocycles. The molecule has 0 fully saturated rings. The molecule has 0 saturated heterocycles. The summed E-state index contributed by atoms with van der Waals surface area (Å²) < 4.78 is 0. The number of carbonyl (C=O) groups excluding carboxylic acids is 1. The number of carbonyl (C=O) groups is 2. The maximum absolute atomic E-state index is 11.8. The highest BCUT2D eigenvalue weighted by molar-refractivity contribution is 6.29. The van der Waals surface area contributed by atoms with Crippen molar-refractivity contribution in [1.29, 1.82) is 0 Å². The summed E-state index contributed by atoms with van der Waals surface area (Å²) in [6.07, 6.45) is 1.59. The first-order valence-corrected chi connectivity index (χ1v) is 5.60. The zero-order chi connectivity index (χ0) is 13.7. The van der Waals surface area contributed by atoms with Gasteiger partial charge in [0, 0.05) is 11.3 Å². The van der Waals surface area contributed by atoms with Crippen molar-refractivity contribution in [1.82, 2.24) is 10.3 Å². The second kappa shape index (κ2) is 6.16. The van der Waals surface area contributed by atoms with Crippen molar-refractivity contribution in [2.45, 2.75) is 19.4 Å².